The second-order valence-corrected chi connectivity index (χ2v) is 14.1. The van der Waals surface area contributed by atoms with E-state index in [9.17, 15) is 37.0 Å². The third kappa shape index (κ3) is 8.86. The van der Waals surface area contributed by atoms with Gasteiger partial charge in [-0.15, -0.1) is 0 Å². The molecule has 0 aliphatic heterocycles. The molecule has 0 spiro atoms. The molecular weight excluding hydrogens is 656 g/mol. The van der Waals surface area contributed by atoms with Crippen molar-refractivity contribution in [3.8, 4) is 22.3 Å². The summed E-state index contributed by atoms with van der Waals surface area (Å²) in [7, 11) is -0.790. The Morgan fingerprint density at radius 1 is 0.878 bits per heavy atom. The van der Waals surface area contributed by atoms with E-state index >= 15 is 0 Å². The molecule has 10 nitrogen and oxygen atoms in total. The summed E-state index contributed by atoms with van der Waals surface area (Å²) in [5.41, 5.74) is 3.15. The second kappa shape index (κ2) is 15.7. The lowest BCUT2D eigenvalue weighted by Crippen LogP contribution is -2.27. The van der Waals surface area contributed by atoms with Gasteiger partial charge in [0.15, 0.2) is 0 Å². The van der Waals surface area contributed by atoms with Gasteiger partial charge in [-0.25, -0.2) is 21.5 Å². The monoisotopic (exact) mass is 695 g/mol. The van der Waals surface area contributed by atoms with Crippen LogP contribution in [0.1, 0.15) is 54.5 Å². The number of aliphatic hydroxyl groups excluding tert-OH is 2. The van der Waals surface area contributed by atoms with Gasteiger partial charge >= 0.3 is 5.97 Å². The van der Waals surface area contributed by atoms with Crippen LogP contribution in [0.3, 0.4) is 0 Å². The van der Waals surface area contributed by atoms with E-state index in [2.05, 4.69) is 5.32 Å². The van der Waals surface area contributed by atoms with E-state index in [0.717, 1.165) is 4.31 Å². The standard InChI is InChI=1S/C36H39F2N3O7S/c1-22(2)41-31(18-15-28(42)19-29(43)20-32(44)45)33(24-7-11-26(37)12-8-24)34(25-9-13-27(38)14-10-25)35(41)36(46)39-21-23-5-16-30(17-6-23)49(47,48)40(3)4/h5-18,22,28-29,42-43H,19-21H2,1-4H3,(H,39,46)(H,44,45)/b18-15+/t28-,29-/m1/s1. The smallest absolute Gasteiger partial charge is 0.305 e. The van der Waals surface area contributed by atoms with Crippen LogP contribution in [0.5, 0.6) is 0 Å². The van der Waals surface area contributed by atoms with Crippen LogP contribution in [0.25, 0.3) is 28.3 Å². The Kier molecular flexibility index (Phi) is 11.9. The van der Waals surface area contributed by atoms with Gasteiger partial charge in [0.05, 0.1) is 23.5 Å². The van der Waals surface area contributed by atoms with Crippen molar-refractivity contribution in [1.82, 2.24) is 14.2 Å². The maximum absolute atomic E-state index is 14.2. The number of carboxylic acids is 1. The molecule has 4 rings (SSSR count). The number of halogens is 2. The third-order valence-corrected chi connectivity index (χ3v) is 9.63. The molecule has 0 unspecified atom stereocenters. The third-order valence-electron chi connectivity index (χ3n) is 7.80. The summed E-state index contributed by atoms with van der Waals surface area (Å²) < 4.78 is 56.1. The van der Waals surface area contributed by atoms with Crippen molar-refractivity contribution in [2.75, 3.05) is 14.1 Å². The molecule has 4 aromatic rings. The van der Waals surface area contributed by atoms with Gasteiger partial charge in [0.2, 0.25) is 10.0 Å². The number of amides is 1. The van der Waals surface area contributed by atoms with E-state index in [1.807, 2.05) is 13.8 Å². The van der Waals surface area contributed by atoms with Crippen LogP contribution in [-0.4, -0.2) is 70.8 Å². The highest BCUT2D eigenvalue weighted by atomic mass is 32.2. The molecule has 2 atom stereocenters. The molecule has 4 N–H and O–H groups in total. The Labute approximate surface area is 284 Å². The fourth-order valence-corrected chi connectivity index (χ4v) is 6.34. The quantitative estimate of drug-likeness (QED) is 0.137. The van der Waals surface area contributed by atoms with Gasteiger partial charge in [-0.2, -0.15) is 0 Å². The first-order chi connectivity index (χ1) is 23.1. The largest absolute Gasteiger partial charge is 0.481 e. The number of nitrogens with one attached hydrogen (secondary N) is 1. The Morgan fingerprint density at radius 2 is 1.41 bits per heavy atom. The number of sulfonamides is 1. The fraction of sp³-hybridized carbons (Fsp3) is 0.278. The lowest BCUT2D eigenvalue weighted by atomic mass is 9.94. The molecule has 0 fully saturated rings. The van der Waals surface area contributed by atoms with E-state index in [4.69, 9.17) is 5.11 Å². The van der Waals surface area contributed by atoms with Crippen LogP contribution in [-0.2, 0) is 21.4 Å². The lowest BCUT2D eigenvalue weighted by molar-refractivity contribution is -0.139. The molecule has 1 aromatic heterocycles. The van der Waals surface area contributed by atoms with E-state index in [1.165, 1.54) is 80.8 Å². The summed E-state index contributed by atoms with van der Waals surface area (Å²) >= 11 is 0. The lowest BCUT2D eigenvalue weighted by Gasteiger charge is -2.17. The zero-order valence-electron chi connectivity index (χ0n) is 27.5. The predicted octanol–water partition coefficient (Wildman–Crippen LogP) is 5.46. The first kappa shape index (κ1) is 37.1. The number of aliphatic hydroxyl groups is 2. The van der Waals surface area contributed by atoms with Crippen molar-refractivity contribution in [2.24, 2.45) is 0 Å². The fourth-order valence-electron chi connectivity index (χ4n) is 5.44. The number of aliphatic carboxylic acids is 1. The zero-order valence-corrected chi connectivity index (χ0v) is 28.3. The predicted molar refractivity (Wildman–Crippen MR) is 182 cm³/mol. The van der Waals surface area contributed by atoms with Crippen molar-refractivity contribution in [3.05, 3.63) is 107 Å². The van der Waals surface area contributed by atoms with Crippen LogP contribution in [0.2, 0.25) is 0 Å². The topological polar surface area (TPSA) is 149 Å². The first-order valence-electron chi connectivity index (χ1n) is 15.5. The Hall–Kier alpha value is -4.69. The van der Waals surface area contributed by atoms with Gasteiger partial charge in [-0.3, -0.25) is 9.59 Å². The van der Waals surface area contributed by atoms with E-state index in [-0.39, 0.29) is 29.6 Å². The minimum absolute atomic E-state index is 0.0322. The highest BCUT2D eigenvalue weighted by Crippen LogP contribution is 2.42. The number of rotatable bonds is 14. The van der Waals surface area contributed by atoms with Crippen LogP contribution in [0, 0.1) is 11.6 Å². The number of aromatic nitrogens is 1. The maximum atomic E-state index is 14.2. The SMILES string of the molecule is CC(C)n1c(/C=C/[C@@H](O)C[C@@H](O)CC(=O)O)c(-c2ccc(F)cc2)c(-c2ccc(F)cc2)c1C(=O)NCc1ccc(S(=O)(=O)N(C)C)cc1. The number of carboxylic acid groups (broad SMARTS) is 1. The van der Waals surface area contributed by atoms with Crippen molar-refractivity contribution < 1.29 is 42.1 Å². The minimum Gasteiger partial charge on any atom is -0.481 e. The molecule has 260 valence electrons. The molecular formula is C36H39F2N3O7S. The van der Waals surface area contributed by atoms with E-state index in [1.54, 1.807) is 22.8 Å². The van der Waals surface area contributed by atoms with Gasteiger partial charge in [0, 0.05) is 49.9 Å². The van der Waals surface area contributed by atoms with Crippen LogP contribution in [0.15, 0.2) is 83.8 Å². The summed E-state index contributed by atoms with van der Waals surface area (Å²) in [6.07, 6.45) is -0.433. The van der Waals surface area contributed by atoms with E-state index in [0.29, 0.717) is 33.5 Å². The van der Waals surface area contributed by atoms with E-state index < -0.39 is 52.2 Å². The molecule has 0 saturated heterocycles. The number of hydrogen-bond donors (Lipinski definition) is 4. The second-order valence-electron chi connectivity index (χ2n) is 12.0. The van der Waals surface area contributed by atoms with Crippen LogP contribution >= 0.6 is 0 Å². The highest BCUT2D eigenvalue weighted by molar-refractivity contribution is 7.89. The summed E-state index contributed by atoms with van der Waals surface area (Å²) in [5, 5.41) is 32.7. The van der Waals surface area contributed by atoms with Gasteiger partial charge in [0.1, 0.15) is 17.3 Å². The Morgan fingerprint density at radius 3 is 1.90 bits per heavy atom. The average molecular weight is 696 g/mol. The average Bonchev–Trinajstić information content (AvgIpc) is 3.38. The van der Waals surface area contributed by atoms with Gasteiger partial charge < -0.3 is 25.2 Å². The normalized spacial score (nSPS) is 13.3. The number of carbonyl (C=O) groups is 2. The molecule has 49 heavy (non-hydrogen) atoms. The van der Waals surface area contributed by atoms with Crippen molar-refractivity contribution >= 4 is 28.0 Å². The molecule has 1 heterocycles. The molecule has 1 amide bonds. The molecule has 3 aromatic carbocycles. The summed E-state index contributed by atoms with van der Waals surface area (Å²) in [5.74, 6) is -2.72. The number of benzene rings is 3. The Bertz CT molecular complexity index is 1920. The van der Waals surface area contributed by atoms with Gasteiger partial charge in [0.25, 0.3) is 5.91 Å². The summed E-state index contributed by atoms with van der Waals surface area (Å²) in [6, 6.07) is 16.9. The van der Waals surface area contributed by atoms with Crippen LogP contribution in [0.4, 0.5) is 8.78 Å². The maximum Gasteiger partial charge on any atom is 0.305 e. The molecule has 13 heteroatoms. The number of carbonyl (C=O) groups excluding carboxylic acids is 1. The molecule has 0 radical (unpaired) electrons. The summed E-state index contributed by atoms with van der Waals surface area (Å²) in [4.78, 5) is 25.3. The molecule has 0 aliphatic rings. The zero-order chi connectivity index (χ0) is 36.0. The minimum atomic E-state index is -3.65. The molecule has 0 saturated carbocycles. The number of hydrogen-bond acceptors (Lipinski definition) is 6. The van der Waals surface area contributed by atoms with Gasteiger partial charge in [-0.1, -0.05) is 42.5 Å². The first-order valence-corrected chi connectivity index (χ1v) is 16.9. The molecule has 0 aliphatic carbocycles. The number of nitrogens with zero attached hydrogens (tertiary/aromatic N) is 2. The van der Waals surface area contributed by atoms with Crippen molar-refractivity contribution in [2.45, 2.75) is 56.4 Å². The van der Waals surface area contributed by atoms with Crippen molar-refractivity contribution in [1.29, 1.82) is 0 Å². The molecule has 0 bridgehead atoms. The van der Waals surface area contributed by atoms with Crippen LogP contribution < -0.4 is 5.32 Å². The Balaban J connectivity index is 1.87. The highest BCUT2D eigenvalue weighted by Gasteiger charge is 2.29. The van der Waals surface area contributed by atoms with Crippen molar-refractivity contribution in [3.63, 3.8) is 0 Å². The summed E-state index contributed by atoms with van der Waals surface area (Å²) in [6.45, 7) is 3.71. The van der Waals surface area contributed by atoms with Gasteiger partial charge in [-0.05, 0) is 73.0 Å².